The van der Waals surface area contributed by atoms with Crippen LogP contribution >= 0.6 is 34.8 Å². The van der Waals surface area contributed by atoms with E-state index in [0.717, 1.165) is 0 Å². The monoisotopic (exact) mass is 347 g/mol. The molecule has 0 aromatic rings. The van der Waals surface area contributed by atoms with Gasteiger partial charge in [0.05, 0.1) is 18.1 Å². The summed E-state index contributed by atoms with van der Waals surface area (Å²) in [5.74, 6) is -0.455. The summed E-state index contributed by atoms with van der Waals surface area (Å²) in [6.45, 7) is 1.37. The molecule has 1 fully saturated rings. The number of halogens is 3. The lowest BCUT2D eigenvalue weighted by molar-refractivity contribution is -0.154. The maximum Gasteiger partial charge on any atom is 0.407 e. The van der Waals surface area contributed by atoms with Crippen molar-refractivity contribution in [2.24, 2.45) is 5.41 Å². The number of ether oxygens (including phenoxy) is 2. The predicted octanol–water partition coefficient (Wildman–Crippen LogP) is 1.79. The summed E-state index contributed by atoms with van der Waals surface area (Å²) in [7, 11) is 0. The standard InChI is InChI=1S/C11H16Cl3NO5/c1-2-19-8(17)10(3-4-10)7(16)5-15-9(18)20-6-11(12,13)14/h7,16H,2-6H2,1H3,(H,15,18). The third-order valence-corrected chi connectivity index (χ3v) is 3.24. The second-order valence-electron chi connectivity index (χ2n) is 4.46. The number of aliphatic hydroxyl groups excluding tert-OH is 1. The molecule has 0 aromatic heterocycles. The van der Waals surface area contributed by atoms with Gasteiger partial charge >= 0.3 is 12.1 Å². The summed E-state index contributed by atoms with van der Waals surface area (Å²) >= 11 is 16.2. The number of amides is 1. The van der Waals surface area contributed by atoms with Gasteiger partial charge in [0.2, 0.25) is 3.79 Å². The quantitative estimate of drug-likeness (QED) is 0.564. The molecule has 1 amide bonds. The van der Waals surface area contributed by atoms with E-state index in [-0.39, 0.29) is 13.2 Å². The van der Waals surface area contributed by atoms with Gasteiger partial charge in [-0.25, -0.2) is 4.79 Å². The highest BCUT2D eigenvalue weighted by molar-refractivity contribution is 6.67. The maximum atomic E-state index is 11.7. The number of alkyl halides is 3. The van der Waals surface area contributed by atoms with Gasteiger partial charge in [-0.2, -0.15) is 0 Å². The topological polar surface area (TPSA) is 84.9 Å². The van der Waals surface area contributed by atoms with Gasteiger partial charge in [0.25, 0.3) is 0 Å². The molecule has 0 saturated heterocycles. The van der Waals surface area contributed by atoms with Crippen LogP contribution in [0, 0.1) is 5.41 Å². The molecule has 116 valence electrons. The van der Waals surface area contributed by atoms with Crippen LogP contribution in [0.5, 0.6) is 0 Å². The van der Waals surface area contributed by atoms with Crippen LogP contribution in [0.3, 0.4) is 0 Å². The molecule has 1 rings (SSSR count). The molecule has 1 unspecified atom stereocenters. The molecule has 0 aromatic carbocycles. The molecule has 0 aliphatic heterocycles. The lowest BCUT2D eigenvalue weighted by Crippen LogP contribution is -2.41. The second kappa shape index (κ2) is 7.02. The average molecular weight is 349 g/mol. The molecule has 9 heteroatoms. The molecule has 1 aliphatic carbocycles. The normalized spacial score (nSPS) is 18.1. The minimum absolute atomic E-state index is 0.141. The van der Waals surface area contributed by atoms with Crippen molar-refractivity contribution in [2.45, 2.75) is 29.7 Å². The van der Waals surface area contributed by atoms with Gasteiger partial charge in [0.1, 0.15) is 6.61 Å². The minimum Gasteiger partial charge on any atom is -0.465 e. The van der Waals surface area contributed by atoms with Gasteiger partial charge in [-0.1, -0.05) is 34.8 Å². The van der Waals surface area contributed by atoms with Crippen LogP contribution in [0.1, 0.15) is 19.8 Å². The molecule has 20 heavy (non-hydrogen) atoms. The van der Waals surface area contributed by atoms with Gasteiger partial charge < -0.3 is 19.9 Å². The van der Waals surface area contributed by atoms with Gasteiger partial charge in [-0.3, -0.25) is 4.79 Å². The summed E-state index contributed by atoms with van der Waals surface area (Å²) in [6, 6.07) is 0. The molecule has 1 atom stereocenters. The number of hydrogen-bond donors (Lipinski definition) is 2. The Morgan fingerprint density at radius 2 is 1.95 bits per heavy atom. The van der Waals surface area contributed by atoms with Crippen LogP contribution in [-0.2, 0) is 14.3 Å². The summed E-state index contributed by atoms with van der Waals surface area (Å²) < 4.78 is 7.82. The van der Waals surface area contributed by atoms with Gasteiger partial charge in [0.15, 0.2) is 0 Å². The van der Waals surface area contributed by atoms with Crippen LogP contribution in [0.2, 0.25) is 0 Å². The van der Waals surface area contributed by atoms with Crippen LogP contribution in [0.15, 0.2) is 0 Å². The van der Waals surface area contributed by atoms with E-state index >= 15 is 0 Å². The first-order valence-corrected chi connectivity index (χ1v) is 7.17. The van der Waals surface area contributed by atoms with Crippen molar-refractivity contribution in [1.29, 1.82) is 0 Å². The Morgan fingerprint density at radius 1 is 1.35 bits per heavy atom. The summed E-state index contributed by atoms with van der Waals surface area (Å²) in [4.78, 5) is 23.0. The molecule has 0 spiro atoms. The minimum atomic E-state index is -1.70. The molecular formula is C11H16Cl3NO5. The van der Waals surface area contributed by atoms with Crippen LogP contribution in [-0.4, -0.2) is 46.8 Å². The smallest absolute Gasteiger partial charge is 0.407 e. The molecule has 2 N–H and O–H groups in total. The van der Waals surface area contributed by atoms with Crippen molar-refractivity contribution in [3.05, 3.63) is 0 Å². The number of nitrogens with one attached hydrogen (secondary N) is 1. The zero-order valence-electron chi connectivity index (χ0n) is 10.8. The molecule has 0 radical (unpaired) electrons. The van der Waals surface area contributed by atoms with Gasteiger partial charge in [-0.05, 0) is 19.8 Å². The number of carbonyl (C=O) groups is 2. The number of carbonyl (C=O) groups excluding carboxylic acids is 2. The third-order valence-electron chi connectivity index (χ3n) is 2.92. The molecule has 1 saturated carbocycles. The fourth-order valence-corrected chi connectivity index (χ4v) is 1.82. The Labute approximate surface area is 131 Å². The predicted molar refractivity (Wildman–Crippen MR) is 73.9 cm³/mol. The SMILES string of the molecule is CCOC(=O)C1(C(O)CNC(=O)OCC(Cl)(Cl)Cl)CC1. The van der Waals surface area contributed by atoms with Crippen molar-refractivity contribution in [2.75, 3.05) is 19.8 Å². The first-order chi connectivity index (χ1) is 9.21. The highest BCUT2D eigenvalue weighted by Gasteiger charge is 2.56. The number of hydrogen-bond acceptors (Lipinski definition) is 5. The summed E-state index contributed by atoms with van der Waals surface area (Å²) in [5.41, 5.74) is -0.918. The molecule has 6 nitrogen and oxygen atoms in total. The largest absolute Gasteiger partial charge is 0.465 e. The molecular weight excluding hydrogens is 332 g/mol. The van der Waals surface area contributed by atoms with Crippen molar-refractivity contribution < 1.29 is 24.2 Å². The zero-order chi connectivity index (χ0) is 15.4. The Kier molecular flexibility index (Phi) is 6.19. The summed E-state index contributed by atoms with van der Waals surface area (Å²) in [5, 5.41) is 12.3. The Balaban J connectivity index is 2.34. The fraction of sp³-hybridized carbons (Fsp3) is 0.818. The van der Waals surface area contributed by atoms with Crippen molar-refractivity contribution in [3.63, 3.8) is 0 Å². The number of aliphatic hydroxyl groups is 1. The van der Waals surface area contributed by atoms with Crippen LogP contribution in [0.25, 0.3) is 0 Å². The fourth-order valence-electron chi connectivity index (χ4n) is 1.66. The molecule has 0 heterocycles. The lowest BCUT2D eigenvalue weighted by atomic mass is 9.99. The maximum absolute atomic E-state index is 11.7. The average Bonchev–Trinajstić information content (AvgIpc) is 3.14. The van der Waals surface area contributed by atoms with E-state index in [1.54, 1.807) is 6.92 Å². The molecule has 0 bridgehead atoms. The van der Waals surface area contributed by atoms with E-state index in [0.29, 0.717) is 12.8 Å². The lowest BCUT2D eigenvalue weighted by Gasteiger charge is -2.21. The summed E-state index contributed by atoms with van der Waals surface area (Å²) in [6.07, 6.45) is -0.827. The van der Waals surface area contributed by atoms with E-state index < -0.39 is 34.0 Å². The van der Waals surface area contributed by atoms with Crippen molar-refractivity contribution in [3.8, 4) is 0 Å². The first-order valence-electron chi connectivity index (χ1n) is 6.04. The van der Waals surface area contributed by atoms with E-state index in [2.05, 4.69) is 10.1 Å². The van der Waals surface area contributed by atoms with Crippen LogP contribution < -0.4 is 5.32 Å². The highest BCUT2D eigenvalue weighted by Crippen LogP contribution is 2.49. The molecule has 1 aliphatic rings. The Bertz CT molecular complexity index is 368. The first kappa shape index (κ1) is 17.6. The Morgan fingerprint density at radius 3 is 2.40 bits per heavy atom. The van der Waals surface area contributed by atoms with Crippen molar-refractivity contribution >= 4 is 46.9 Å². The van der Waals surface area contributed by atoms with E-state index in [1.807, 2.05) is 0 Å². The van der Waals surface area contributed by atoms with Gasteiger partial charge in [0, 0.05) is 6.54 Å². The number of rotatable bonds is 6. The zero-order valence-corrected chi connectivity index (χ0v) is 13.1. The number of alkyl carbamates (subject to hydrolysis) is 1. The second-order valence-corrected chi connectivity index (χ2v) is 6.98. The van der Waals surface area contributed by atoms with Crippen LogP contribution in [0.4, 0.5) is 4.79 Å². The van der Waals surface area contributed by atoms with E-state index in [4.69, 9.17) is 39.5 Å². The third kappa shape index (κ3) is 5.16. The number of esters is 1. The Hall–Kier alpha value is -0.430. The van der Waals surface area contributed by atoms with Gasteiger partial charge in [-0.15, -0.1) is 0 Å². The highest BCUT2D eigenvalue weighted by atomic mass is 35.6. The van der Waals surface area contributed by atoms with E-state index in [1.165, 1.54) is 0 Å². The van der Waals surface area contributed by atoms with Crippen molar-refractivity contribution in [1.82, 2.24) is 5.32 Å². The van der Waals surface area contributed by atoms with E-state index in [9.17, 15) is 14.7 Å².